The number of aromatic hydroxyl groups is 1. The van der Waals surface area contributed by atoms with Gasteiger partial charge < -0.3 is 34.1 Å². The minimum atomic E-state index is -0.604. The first-order chi connectivity index (χ1) is 18.8. The summed E-state index contributed by atoms with van der Waals surface area (Å²) in [5, 5.41) is 24.5. The molecule has 39 heavy (non-hydrogen) atoms. The van der Waals surface area contributed by atoms with Gasteiger partial charge in [-0.05, 0) is 41.5 Å². The molecule has 204 valence electrons. The number of phenols is 1. The topological polar surface area (TPSA) is 139 Å². The van der Waals surface area contributed by atoms with Crippen LogP contribution < -0.4 is 29.0 Å². The van der Waals surface area contributed by atoms with Gasteiger partial charge >= 0.3 is 5.69 Å². The third-order valence-corrected chi connectivity index (χ3v) is 5.57. The van der Waals surface area contributed by atoms with Gasteiger partial charge in [0.2, 0.25) is 17.4 Å². The molecule has 2 N–H and O–H groups in total. The zero-order chi connectivity index (χ0) is 28.5. The lowest BCUT2D eigenvalue weighted by Gasteiger charge is -2.13. The molecule has 0 unspecified atom stereocenters. The molecule has 0 aliphatic carbocycles. The number of carbonyl (C=O) groups excluding carboxylic acids is 1. The molecule has 0 aliphatic rings. The standard InChI is InChI=1S/C28H28N2O9/c1-35-22-14-17(13-20(30(33)34)27(22)38-4)10-12-25(32)29-26-19(7-6-8-21(26)31)11-9-18-15-23(36-2)28(39-5)24(16-18)37-3/h6-16,31H,1-5H3,(H,29,32)/b11-9+,12-10+. The van der Waals surface area contributed by atoms with E-state index in [4.69, 9.17) is 23.7 Å². The number of nitro groups is 1. The lowest BCUT2D eigenvalue weighted by Crippen LogP contribution is -2.09. The Labute approximate surface area is 225 Å². The third kappa shape index (κ3) is 6.58. The van der Waals surface area contributed by atoms with E-state index in [0.29, 0.717) is 28.4 Å². The summed E-state index contributed by atoms with van der Waals surface area (Å²) in [7, 11) is 7.20. The molecule has 3 aromatic carbocycles. The van der Waals surface area contributed by atoms with Gasteiger partial charge in [0.25, 0.3) is 0 Å². The molecule has 11 heteroatoms. The van der Waals surface area contributed by atoms with E-state index in [9.17, 15) is 20.0 Å². The Morgan fingerprint density at radius 3 is 1.92 bits per heavy atom. The van der Waals surface area contributed by atoms with Crippen molar-refractivity contribution in [2.24, 2.45) is 0 Å². The number of para-hydroxylation sites is 1. The van der Waals surface area contributed by atoms with Crippen molar-refractivity contribution in [3.63, 3.8) is 0 Å². The predicted octanol–water partition coefficient (Wildman–Crippen LogP) is 5.17. The molecule has 0 saturated heterocycles. The number of hydrogen-bond donors (Lipinski definition) is 2. The van der Waals surface area contributed by atoms with Gasteiger partial charge in [0.15, 0.2) is 17.2 Å². The van der Waals surface area contributed by atoms with E-state index < -0.39 is 10.8 Å². The van der Waals surface area contributed by atoms with Crippen LogP contribution in [-0.4, -0.2) is 51.5 Å². The van der Waals surface area contributed by atoms with E-state index in [-0.39, 0.29) is 28.6 Å². The third-order valence-electron chi connectivity index (χ3n) is 5.57. The van der Waals surface area contributed by atoms with Gasteiger partial charge in [-0.3, -0.25) is 14.9 Å². The second-order valence-electron chi connectivity index (χ2n) is 7.89. The number of nitrogens with zero attached hydrogens (tertiary/aromatic N) is 1. The van der Waals surface area contributed by atoms with Gasteiger partial charge in [-0.1, -0.05) is 24.3 Å². The van der Waals surface area contributed by atoms with Gasteiger partial charge in [-0.15, -0.1) is 0 Å². The van der Waals surface area contributed by atoms with E-state index in [1.807, 2.05) is 0 Å². The van der Waals surface area contributed by atoms with Crippen molar-refractivity contribution < 1.29 is 38.5 Å². The predicted molar refractivity (Wildman–Crippen MR) is 147 cm³/mol. The molecule has 0 heterocycles. The van der Waals surface area contributed by atoms with Gasteiger partial charge in [-0.25, -0.2) is 0 Å². The highest BCUT2D eigenvalue weighted by Crippen LogP contribution is 2.40. The van der Waals surface area contributed by atoms with Crippen molar-refractivity contribution in [2.45, 2.75) is 0 Å². The number of carbonyl (C=O) groups is 1. The molecule has 0 radical (unpaired) electrons. The summed E-state index contributed by atoms with van der Waals surface area (Å²) in [5.74, 6) is 0.799. The SMILES string of the molecule is COc1cc(/C=C/c2cccc(O)c2NC(=O)/C=C/c2cc(OC)c(OC)c([N+](=O)[O-])c2)cc(OC)c1OC. The van der Waals surface area contributed by atoms with Crippen LogP contribution in [0, 0.1) is 10.1 Å². The zero-order valence-corrected chi connectivity index (χ0v) is 22.0. The molecule has 1 amide bonds. The quantitative estimate of drug-likeness (QED) is 0.112. The molecule has 0 atom stereocenters. The normalized spacial score (nSPS) is 10.9. The van der Waals surface area contributed by atoms with E-state index in [1.54, 1.807) is 36.4 Å². The van der Waals surface area contributed by atoms with Crippen molar-refractivity contribution in [1.82, 2.24) is 0 Å². The Hall–Kier alpha value is -5.19. The number of phenolic OH excluding ortho intramolecular Hbond substituents is 1. The number of ether oxygens (including phenoxy) is 5. The first-order valence-electron chi connectivity index (χ1n) is 11.5. The van der Waals surface area contributed by atoms with Crippen LogP contribution in [0.2, 0.25) is 0 Å². The number of methoxy groups -OCH3 is 5. The Bertz CT molecular complexity index is 1410. The lowest BCUT2D eigenvalue weighted by molar-refractivity contribution is -0.385. The highest BCUT2D eigenvalue weighted by atomic mass is 16.6. The second kappa shape index (κ2) is 12.9. The number of rotatable bonds is 11. The van der Waals surface area contributed by atoms with Crippen LogP contribution in [-0.2, 0) is 4.79 Å². The summed E-state index contributed by atoms with van der Waals surface area (Å²) < 4.78 is 26.4. The molecule has 0 fully saturated rings. The number of benzene rings is 3. The molecule has 3 rings (SSSR count). The maximum Gasteiger partial charge on any atom is 0.315 e. The van der Waals surface area contributed by atoms with Crippen LogP contribution in [0.4, 0.5) is 11.4 Å². The van der Waals surface area contributed by atoms with Crippen LogP contribution in [0.1, 0.15) is 16.7 Å². The molecular weight excluding hydrogens is 508 g/mol. The van der Waals surface area contributed by atoms with Crippen molar-refractivity contribution in [2.75, 3.05) is 40.9 Å². The van der Waals surface area contributed by atoms with Gasteiger partial charge in [-0.2, -0.15) is 0 Å². The van der Waals surface area contributed by atoms with E-state index >= 15 is 0 Å². The summed E-state index contributed by atoms with van der Waals surface area (Å²) in [6, 6.07) is 11.1. The molecular formula is C28H28N2O9. The van der Waals surface area contributed by atoms with E-state index in [2.05, 4.69) is 5.32 Å². The van der Waals surface area contributed by atoms with Crippen LogP contribution in [0.5, 0.6) is 34.5 Å². The Kier molecular flexibility index (Phi) is 9.36. The molecule has 0 bridgehead atoms. The smallest absolute Gasteiger partial charge is 0.315 e. The number of amides is 1. The summed E-state index contributed by atoms with van der Waals surface area (Å²) in [6.07, 6.45) is 6.03. The first-order valence-corrected chi connectivity index (χ1v) is 11.5. The Balaban J connectivity index is 1.88. The van der Waals surface area contributed by atoms with Crippen molar-refractivity contribution in [3.05, 3.63) is 75.3 Å². The highest BCUT2D eigenvalue weighted by Gasteiger charge is 2.21. The molecule has 0 aliphatic heterocycles. The molecule has 11 nitrogen and oxygen atoms in total. The molecule has 0 spiro atoms. The van der Waals surface area contributed by atoms with E-state index in [1.165, 1.54) is 65.9 Å². The van der Waals surface area contributed by atoms with Crippen LogP contribution in [0.3, 0.4) is 0 Å². The average molecular weight is 537 g/mol. The van der Waals surface area contributed by atoms with Gasteiger partial charge in [0.05, 0.1) is 46.2 Å². The summed E-state index contributed by atoms with van der Waals surface area (Å²) in [5.41, 5.74) is 1.45. The van der Waals surface area contributed by atoms with Crippen molar-refractivity contribution in [3.8, 4) is 34.5 Å². The maximum absolute atomic E-state index is 12.7. The van der Waals surface area contributed by atoms with Gasteiger partial charge in [0.1, 0.15) is 5.75 Å². The Morgan fingerprint density at radius 1 is 0.821 bits per heavy atom. The van der Waals surface area contributed by atoms with E-state index in [0.717, 1.165) is 5.56 Å². The molecule has 0 saturated carbocycles. The molecule has 0 aromatic heterocycles. The van der Waals surface area contributed by atoms with Crippen molar-refractivity contribution >= 4 is 35.5 Å². The average Bonchev–Trinajstić information content (AvgIpc) is 2.94. The fourth-order valence-corrected chi connectivity index (χ4v) is 3.75. The monoisotopic (exact) mass is 536 g/mol. The van der Waals surface area contributed by atoms with Crippen LogP contribution >= 0.6 is 0 Å². The first kappa shape index (κ1) is 28.4. The van der Waals surface area contributed by atoms with Crippen LogP contribution in [0.15, 0.2) is 48.5 Å². The summed E-state index contributed by atoms with van der Waals surface area (Å²) in [4.78, 5) is 23.6. The number of anilines is 1. The minimum absolute atomic E-state index is 0.0261. The number of nitro benzene ring substituents is 1. The number of nitrogens with one attached hydrogen (secondary N) is 1. The Morgan fingerprint density at radius 2 is 1.38 bits per heavy atom. The largest absolute Gasteiger partial charge is 0.506 e. The van der Waals surface area contributed by atoms with Crippen LogP contribution in [0.25, 0.3) is 18.2 Å². The highest BCUT2D eigenvalue weighted by molar-refractivity contribution is 6.04. The fraction of sp³-hybridized carbons (Fsp3) is 0.179. The maximum atomic E-state index is 12.7. The summed E-state index contributed by atoms with van der Waals surface area (Å²) >= 11 is 0. The van der Waals surface area contributed by atoms with Crippen molar-refractivity contribution in [1.29, 1.82) is 0 Å². The number of hydrogen-bond acceptors (Lipinski definition) is 9. The zero-order valence-electron chi connectivity index (χ0n) is 22.0. The second-order valence-corrected chi connectivity index (χ2v) is 7.89. The molecule has 3 aromatic rings. The summed E-state index contributed by atoms with van der Waals surface area (Å²) in [6.45, 7) is 0. The fourth-order valence-electron chi connectivity index (χ4n) is 3.75. The lowest BCUT2D eigenvalue weighted by atomic mass is 10.1. The van der Waals surface area contributed by atoms with Gasteiger partial charge in [0, 0.05) is 17.7 Å². The minimum Gasteiger partial charge on any atom is -0.506 e.